The summed E-state index contributed by atoms with van der Waals surface area (Å²) in [6.45, 7) is 9.36. The second-order valence-electron chi connectivity index (χ2n) is 3.67. The van der Waals surface area contributed by atoms with E-state index in [9.17, 15) is 0 Å². The van der Waals surface area contributed by atoms with E-state index in [-0.39, 0.29) is 0 Å². The van der Waals surface area contributed by atoms with Crippen molar-refractivity contribution in [2.75, 3.05) is 20.1 Å². The summed E-state index contributed by atoms with van der Waals surface area (Å²) < 4.78 is 0. The fourth-order valence-electron chi connectivity index (χ4n) is 1.32. The topological polar surface area (TPSA) is 49.3 Å². The van der Waals surface area contributed by atoms with Gasteiger partial charge in [-0.1, -0.05) is 6.08 Å². The molecule has 1 rings (SSSR count). The van der Waals surface area contributed by atoms with Crippen LogP contribution in [-0.4, -0.2) is 31.1 Å². The number of hydrogen-bond donors (Lipinski definition) is 2. The average molecular weight is 252 g/mol. The highest BCUT2D eigenvalue weighted by Crippen LogP contribution is 2.16. The monoisotopic (exact) mass is 252 g/mol. The number of nitrogens with zero attached hydrogens (tertiary/aromatic N) is 2. The highest BCUT2D eigenvalue weighted by atomic mass is 32.1. The molecule has 0 aliphatic rings. The molecule has 4 nitrogen and oxygen atoms in total. The van der Waals surface area contributed by atoms with Crippen LogP contribution in [0.1, 0.15) is 15.6 Å². The largest absolute Gasteiger partial charge is 0.356 e. The van der Waals surface area contributed by atoms with Gasteiger partial charge in [-0.3, -0.25) is 4.99 Å². The molecular formula is C12H20N4S. The molecule has 0 aliphatic carbocycles. The fraction of sp³-hybridized carbons (Fsp3) is 0.500. The second kappa shape index (κ2) is 7.06. The molecule has 0 saturated heterocycles. The van der Waals surface area contributed by atoms with Crippen molar-refractivity contribution in [1.29, 1.82) is 0 Å². The summed E-state index contributed by atoms with van der Waals surface area (Å²) in [5.74, 6) is 0.801. The molecular weight excluding hydrogens is 232 g/mol. The van der Waals surface area contributed by atoms with Crippen LogP contribution >= 0.6 is 11.3 Å². The van der Waals surface area contributed by atoms with Crippen LogP contribution in [0.15, 0.2) is 17.6 Å². The smallest absolute Gasteiger partial charge is 0.191 e. The van der Waals surface area contributed by atoms with Gasteiger partial charge in [-0.05, 0) is 13.8 Å². The SMILES string of the molecule is C=CCNC(=NC)NCCc1nc(C)c(C)s1. The van der Waals surface area contributed by atoms with Gasteiger partial charge in [0.05, 0.1) is 10.7 Å². The Morgan fingerprint density at radius 2 is 2.24 bits per heavy atom. The molecule has 0 aromatic carbocycles. The fourth-order valence-corrected chi connectivity index (χ4v) is 2.26. The van der Waals surface area contributed by atoms with Crippen molar-refractivity contribution in [3.63, 3.8) is 0 Å². The van der Waals surface area contributed by atoms with E-state index in [1.807, 2.05) is 6.92 Å². The first-order valence-electron chi connectivity index (χ1n) is 5.65. The molecule has 2 N–H and O–H groups in total. The van der Waals surface area contributed by atoms with Gasteiger partial charge in [0.15, 0.2) is 5.96 Å². The maximum atomic E-state index is 4.50. The number of aliphatic imine (C=N–C) groups is 1. The van der Waals surface area contributed by atoms with Crippen LogP contribution in [0.4, 0.5) is 0 Å². The van der Waals surface area contributed by atoms with Crippen molar-refractivity contribution in [3.05, 3.63) is 28.2 Å². The quantitative estimate of drug-likeness (QED) is 0.476. The Hall–Kier alpha value is -1.36. The normalized spacial score (nSPS) is 11.4. The Labute approximate surface area is 107 Å². The number of rotatable bonds is 5. The van der Waals surface area contributed by atoms with E-state index >= 15 is 0 Å². The van der Waals surface area contributed by atoms with Crippen molar-refractivity contribution < 1.29 is 0 Å². The zero-order valence-electron chi connectivity index (χ0n) is 10.7. The molecule has 0 saturated carbocycles. The third kappa shape index (κ3) is 4.56. The van der Waals surface area contributed by atoms with E-state index in [0.717, 1.165) is 31.2 Å². The number of aromatic nitrogens is 1. The van der Waals surface area contributed by atoms with Gasteiger partial charge in [0, 0.05) is 31.4 Å². The van der Waals surface area contributed by atoms with E-state index in [1.165, 1.54) is 9.88 Å². The molecule has 1 heterocycles. The number of guanidine groups is 1. The van der Waals surface area contributed by atoms with Crippen LogP contribution in [0, 0.1) is 13.8 Å². The number of aryl methyl sites for hydroxylation is 2. The maximum absolute atomic E-state index is 4.50. The highest BCUT2D eigenvalue weighted by Gasteiger charge is 2.03. The lowest BCUT2D eigenvalue weighted by molar-refractivity contribution is 0.815. The molecule has 0 amide bonds. The van der Waals surface area contributed by atoms with Crippen molar-refractivity contribution >= 4 is 17.3 Å². The third-order valence-electron chi connectivity index (χ3n) is 2.34. The lowest BCUT2D eigenvalue weighted by Crippen LogP contribution is -2.38. The molecule has 17 heavy (non-hydrogen) atoms. The molecule has 1 aromatic rings. The Balaban J connectivity index is 2.33. The lowest BCUT2D eigenvalue weighted by Gasteiger charge is -2.09. The number of thiazole rings is 1. The van der Waals surface area contributed by atoms with Gasteiger partial charge >= 0.3 is 0 Å². The van der Waals surface area contributed by atoms with Gasteiger partial charge < -0.3 is 10.6 Å². The Morgan fingerprint density at radius 1 is 1.47 bits per heavy atom. The van der Waals surface area contributed by atoms with Crippen LogP contribution in [0.5, 0.6) is 0 Å². The molecule has 1 aromatic heterocycles. The van der Waals surface area contributed by atoms with Crippen molar-refractivity contribution in [2.24, 2.45) is 4.99 Å². The molecule has 0 bridgehead atoms. The first-order valence-corrected chi connectivity index (χ1v) is 6.47. The standard InChI is InChI=1S/C12H20N4S/c1-5-7-14-12(13-4)15-8-6-11-16-9(2)10(3)17-11/h5H,1,6-8H2,2-4H3,(H2,13,14,15). The molecule has 0 fully saturated rings. The van der Waals surface area contributed by atoms with Gasteiger partial charge in [0.25, 0.3) is 0 Å². The Bertz CT molecular complexity index is 376. The molecule has 0 aliphatic heterocycles. The van der Waals surface area contributed by atoms with Crippen molar-refractivity contribution in [2.45, 2.75) is 20.3 Å². The first kappa shape index (κ1) is 13.7. The van der Waals surface area contributed by atoms with Crippen molar-refractivity contribution in [3.8, 4) is 0 Å². The van der Waals surface area contributed by atoms with Gasteiger partial charge in [-0.25, -0.2) is 4.98 Å². The van der Waals surface area contributed by atoms with E-state index < -0.39 is 0 Å². The lowest BCUT2D eigenvalue weighted by atomic mass is 10.4. The van der Waals surface area contributed by atoms with Crippen LogP contribution in [0.25, 0.3) is 0 Å². The summed E-state index contributed by atoms with van der Waals surface area (Å²) in [6.07, 6.45) is 2.73. The Kier molecular flexibility index (Phi) is 5.69. The van der Waals surface area contributed by atoms with Crippen LogP contribution < -0.4 is 10.6 Å². The third-order valence-corrected chi connectivity index (χ3v) is 3.47. The minimum atomic E-state index is 0.717. The Morgan fingerprint density at radius 3 is 2.76 bits per heavy atom. The molecule has 0 unspecified atom stereocenters. The molecule has 0 radical (unpaired) electrons. The highest BCUT2D eigenvalue weighted by molar-refractivity contribution is 7.11. The zero-order chi connectivity index (χ0) is 12.7. The average Bonchev–Trinajstić information content (AvgIpc) is 2.63. The summed E-state index contributed by atoms with van der Waals surface area (Å²) in [7, 11) is 1.76. The molecule has 5 heteroatoms. The van der Waals surface area contributed by atoms with Gasteiger partial charge in [0.2, 0.25) is 0 Å². The number of nitrogens with one attached hydrogen (secondary N) is 2. The van der Waals surface area contributed by atoms with E-state index in [0.29, 0.717) is 0 Å². The van der Waals surface area contributed by atoms with Crippen LogP contribution in [-0.2, 0) is 6.42 Å². The van der Waals surface area contributed by atoms with Gasteiger partial charge in [0.1, 0.15) is 0 Å². The van der Waals surface area contributed by atoms with Gasteiger partial charge in [-0.15, -0.1) is 17.9 Å². The predicted molar refractivity (Wildman–Crippen MR) is 74.9 cm³/mol. The van der Waals surface area contributed by atoms with Gasteiger partial charge in [-0.2, -0.15) is 0 Å². The summed E-state index contributed by atoms with van der Waals surface area (Å²) in [5, 5.41) is 7.54. The summed E-state index contributed by atoms with van der Waals surface area (Å²) in [4.78, 5) is 9.91. The minimum absolute atomic E-state index is 0.717. The van der Waals surface area contributed by atoms with Crippen molar-refractivity contribution in [1.82, 2.24) is 15.6 Å². The maximum Gasteiger partial charge on any atom is 0.191 e. The number of hydrogen-bond acceptors (Lipinski definition) is 3. The zero-order valence-corrected chi connectivity index (χ0v) is 11.5. The summed E-state index contributed by atoms with van der Waals surface area (Å²) in [5.41, 5.74) is 1.14. The first-order chi connectivity index (χ1) is 8.17. The molecule has 0 atom stereocenters. The van der Waals surface area contributed by atoms with Crippen LogP contribution in [0.2, 0.25) is 0 Å². The van der Waals surface area contributed by atoms with E-state index in [2.05, 4.69) is 34.1 Å². The predicted octanol–water partition coefficient (Wildman–Crippen LogP) is 1.65. The molecule has 0 spiro atoms. The summed E-state index contributed by atoms with van der Waals surface area (Å²) in [6, 6.07) is 0. The molecule has 94 valence electrons. The van der Waals surface area contributed by atoms with E-state index in [1.54, 1.807) is 24.5 Å². The second-order valence-corrected chi connectivity index (χ2v) is 4.96. The van der Waals surface area contributed by atoms with Crippen LogP contribution in [0.3, 0.4) is 0 Å². The van der Waals surface area contributed by atoms with E-state index in [4.69, 9.17) is 0 Å². The minimum Gasteiger partial charge on any atom is -0.356 e. The summed E-state index contributed by atoms with van der Waals surface area (Å²) >= 11 is 1.76.